The minimum Gasteiger partial charge on any atom is -0.449 e. The third kappa shape index (κ3) is 2.21. The van der Waals surface area contributed by atoms with E-state index in [-0.39, 0.29) is 12.1 Å². The summed E-state index contributed by atoms with van der Waals surface area (Å²) in [6.07, 6.45) is 0.668. The summed E-state index contributed by atoms with van der Waals surface area (Å²) in [5, 5.41) is 0. The highest BCUT2D eigenvalue weighted by Gasteiger charge is 2.25. The molecule has 1 heterocycles. The number of hydrogen-bond acceptors (Lipinski definition) is 2. The zero-order valence-electron chi connectivity index (χ0n) is 9.35. The van der Waals surface area contributed by atoms with Crippen molar-refractivity contribution >= 4 is 19.4 Å². The quantitative estimate of drug-likeness (QED) is 0.697. The van der Waals surface area contributed by atoms with Gasteiger partial charge in [-0.15, -0.1) is 0 Å². The van der Waals surface area contributed by atoms with E-state index < -0.39 is 0 Å². The van der Waals surface area contributed by atoms with Gasteiger partial charge in [-0.2, -0.15) is 0 Å². The van der Waals surface area contributed by atoms with Crippen LogP contribution in [0.2, 0.25) is 0 Å². The van der Waals surface area contributed by atoms with Gasteiger partial charge in [0.2, 0.25) is 0 Å². The largest absolute Gasteiger partial charge is 0.449 e. The maximum atomic E-state index is 11.6. The maximum Gasteiger partial charge on any atom is 0.410 e. The number of nitrogens with zero attached hydrogens (tertiary/aromatic N) is 1. The summed E-state index contributed by atoms with van der Waals surface area (Å²) in [5.74, 6) is 0. The SMILES string of the molecule is [B]c1ccc([C@H](C)N2CCCOC2=O)cc1. The highest BCUT2D eigenvalue weighted by atomic mass is 16.6. The van der Waals surface area contributed by atoms with Crippen molar-refractivity contribution in [3.63, 3.8) is 0 Å². The molecule has 0 aliphatic carbocycles. The molecule has 16 heavy (non-hydrogen) atoms. The summed E-state index contributed by atoms with van der Waals surface area (Å²) < 4.78 is 5.02. The molecular weight excluding hydrogens is 201 g/mol. The van der Waals surface area contributed by atoms with E-state index in [4.69, 9.17) is 12.6 Å². The average molecular weight is 215 g/mol. The summed E-state index contributed by atoms with van der Waals surface area (Å²) in [6.45, 7) is 3.28. The van der Waals surface area contributed by atoms with Gasteiger partial charge in [-0.1, -0.05) is 29.7 Å². The molecule has 1 saturated heterocycles. The molecule has 4 heteroatoms. The third-order valence-corrected chi connectivity index (χ3v) is 2.89. The van der Waals surface area contributed by atoms with Crippen LogP contribution in [-0.4, -0.2) is 32.0 Å². The highest BCUT2D eigenvalue weighted by molar-refractivity contribution is 6.32. The Morgan fingerprint density at radius 2 is 2.06 bits per heavy atom. The lowest BCUT2D eigenvalue weighted by Gasteiger charge is -2.32. The maximum absolute atomic E-state index is 11.6. The molecule has 0 N–H and O–H groups in total. The molecule has 1 amide bonds. The molecule has 82 valence electrons. The Bertz CT molecular complexity index is 377. The molecule has 2 radical (unpaired) electrons. The number of rotatable bonds is 2. The van der Waals surface area contributed by atoms with E-state index in [1.807, 2.05) is 31.2 Å². The van der Waals surface area contributed by atoms with Crippen molar-refractivity contribution in [2.75, 3.05) is 13.2 Å². The fourth-order valence-corrected chi connectivity index (χ4v) is 1.87. The number of hydrogen-bond donors (Lipinski definition) is 0. The molecule has 1 atom stereocenters. The Balaban J connectivity index is 2.14. The van der Waals surface area contributed by atoms with Crippen molar-refractivity contribution in [3.05, 3.63) is 29.8 Å². The van der Waals surface area contributed by atoms with Gasteiger partial charge in [0.25, 0.3) is 0 Å². The Morgan fingerprint density at radius 3 is 2.69 bits per heavy atom. The topological polar surface area (TPSA) is 29.5 Å². The summed E-state index contributed by atoms with van der Waals surface area (Å²) >= 11 is 0. The first-order valence-electron chi connectivity index (χ1n) is 5.47. The predicted octanol–water partition coefficient (Wildman–Crippen LogP) is 1.38. The smallest absolute Gasteiger partial charge is 0.410 e. The van der Waals surface area contributed by atoms with Gasteiger partial charge in [0.1, 0.15) is 7.85 Å². The zero-order valence-corrected chi connectivity index (χ0v) is 9.35. The number of benzene rings is 1. The number of ether oxygens (including phenoxy) is 1. The molecule has 1 aromatic rings. The minimum absolute atomic E-state index is 0.0356. The van der Waals surface area contributed by atoms with Gasteiger partial charge in [-0.25, -0.2) is 4.79 Å². The van der Waals surface area contributed by atoms with Gasteiger partial charge in [-0.3, -0.25) is 0 Å². The van der Waals surface area contributed by atoms with Crippen molar-refractivity contribution in [2.45, 2.75) is 19.4 Å². The molecule has 0 spiro atoms. The van der Waals surface area contributed by atoms with Gasteiger partial charge in [0.15, 0.2) is 0 Å². The molecule has 1 aromatic carbocycles. The summed E-state index contributed by atoms with van der Waals surface area (Å²) in [7, 11) is 5.63. The Labute approximate surface area is 96.8 Å². The van der Waals surface area contributed by atoms with Crippen LogP contribution in [0.15, 0.2) is 24.3 Å². The van der Waals surface area contributed by atoms with Gasteiger partial charge in [0.05, 0.1) is 12.6 Å². The third-order valence-electron chi connectivity index (χ3n) is 2.89. The van der Waals surface area contributed by atoms with E-state index in [2.05, 4.69) is 0 Å². The minimum atomic E-state index is -0.226. The van der Waals surface area contributed by atoms with E-state index in [1.165, 1.54) is 0 Å². The van der Waals surface area contributed by atoms with Crippen LogP contribution in [0.25, 0.3) is 0 Å². The van der Waals surface area contributed by atoms with E-state index in [0.29, 0.717) is 6.61 Å². The van der Waals surface area contributed by atoms with E-state index in [1.54, 1.807) is 4.90 Å². The van der Waals surface area contributed by atoms with Gasteiger partial charge in [-0.05, 0) is 18.9 Å². The molecule has 0 saturated carbocycles. The second-order valence-electron chi connectivity index (χ2n) is 4.00. The van der Waals surface area contributed by atoms with E-state index in [9.17, 15) is 4.79 Å². The Kier molecular flexibility index (Phi) is 3.18. The van der Waals surface area contributed by atoms with Crippen LogP contribution in [0.1, 0.15) is 24.9 Å². The predicted molar refractivity (Wildman–Crippen MR) is 62.9 cm³/mol. The number of carbonyl (C=O) groups is 1. The summed E-state index contributed by atoms with van der Waals surface area (Å²) in [5.41, 5.74) is 1.81. The monoisotopic (exact) mass is 215 g/mol. The molecule has 0 aromatic heterocycles. The molecule has 0 unspecified atom stereocenters. The standard InChI is InChI=1S/C12H14BNO2/c1-9(10-3-5-11(13)6-4-10)14-7-2-8-16-12(14)15/h3-6,9H,2,7-8H2,1H3/t9-/m0/s1. The lowest BCUT2D eigenvalue weighted by molar-refractivity contribution is 0.0580. The molecule has 1 fully saturated rings. The van der Waals surface area contributed by atoms with Gasteiger partial charge >= 0.3 is 6.09 Å². The van der Waals surface area contributed by atoms with Crippen LogP contribution in [0.4, 0.5) is 4.79 Å². The molecular formula is C12H14BNO2. The van der Waals surface area contributed by atoms with Gasteiger partial charge < -0.3 is 9.64 Å². The van der Waals surface area contributed by atoms with Crippen molar-refractivity contribution in [1.29, 1.82) is 0 Å². The van der Waals surface area contributed by atoms with Crippen molar-refractivity contribution in [3.8, 4) is 0 Å². The number of amides is 1. The average Bonchev–Trinajstić information content (AvgIpc) is 2.30. The fraction of sp³-hybridized carbons (Fsp3) is 0.417. The lowest BCUT2D eigenvalue weighted by atomic mass is 9.94. The fourth-order valence-electron chi connectivity index (χ4n) is 1.87. The molecule has 3 nitrogen and oxygen atoms in total. The first-order valence-corrected chi connectivity index (χ1v) is 5.47. The summed E-state index contributed by atoms with van der Waals surface area (Å²) in [6, 6.07) is 7.62. The van der Waals surface area contributed by atoms with Crippen molar-refractivity contribution < 1.29 is 9.53 Å². The normalized spacial score (nSPS) is 18.1. The van der Waals surface area contributed by atoms with Crippen LogP contribution in [-0.2, 0) is 4.74 Å². The van der Waals surface area contributed by atoms with Crippen LogP contribution in [0.3, 0.4) is 0 Å². The highest BCUT2D eigenvalue weighted by Crippen LogP contribution is 2.22. The van der Waals surface area contributed by atoms with Crippen LogP contribution in [0.5, 0.6) is 0 Å². The molecule has 0 bridgehead atoms. The van der Waals surface area contributed by atoms with Crippen molar-refractivity contribution in [1.82, 2.24) is 4.90 Å². The summed E-state index contributed by atoms with van der Waals surface area (Å²) in [4.78, 5) is 13.3. The first kappa shape index (κ1) is 11.1. The molecule has 1 aliphatic heterocycles. The van der Waals surface area contributed by atoms with Crippen LogP contribution in [0, 0.1) is 0 Å². The second-order valence-corrected chi connectivity index (χ2v) is 4.00. The second kappa shape index (κ2) is 4.60. The van der Waals surface area contributed by atoms with Crippen LogP contribution >= 0.6 is 0 Å². The van der Waals surface area contributed by atoms with Gasteiger partial charge in [0, 0.05) is 6.54 Å². The number of cyclic esters (lactones) is 1. The lowest BCUT2D eigenvalue weighted by Crippen LogP contribution is -2.39. The Morgan fingerprint density at radius 1 is 1.38 bits per heavy atom. The van der Waals surface area contributed by atoms with Crippen molar-refractivity contribution in [2.24, 2.45) is 0 Å². The first-order chi connectivity index (χ1) is 7.68. The molecule has 1 aliphatic rings. The Hall–Kier alpha value is -1.45. The van der Waals surface area contributed by atoms with E-state index in [0.717, 1.165) is 24.0 Å². The molecule has 2 rings (SSSR count). The zero-order chi connectivity index (χ0) is 11.5. The number of carbonyl (C=O) groups excluding carboxylic acids is 1. The van der Waals surface area contributed by atoms with Crippen LogP contribution < -0.4 is 5.46 Å². The van der Waals surface area contributed by atoms with E-state index >= 15 is 0 Å².